The van der Waals surface area contributed by atoms with Gasteiger partial charge >= 0.3 is 0 Å². The predicted molar refractivity (Wildman–Crippen MR) is 110 cm³/mol. The number of carbonyl (C=O) groups excluding carboxylic acids is 2. The summed E-state index contributed by atoms with van der Waals surface area (Å²) in [6.07, 6.45) is 3.44. The SMILES string of the molecule is CCn1cc(/C=C(\NC(=O)c2ccccc2F)C(=O)NCCO)c2ccccc21. The molecule has 2 aromatic carbocycles. The molecule has 7 heteroatoms. The summed E-state index contributed by atoms with van der Waals surface area (Å²) < 4.78 is 16.0. The first-order chi connectivity index (χ1) is 14.0. The Labute approximate surface area is 167 Å². The number of nitrogens with zero attached hydrogens (tertiary/aromatic N) is 1. The van der Waals surface area contributed by atoms with Gasteiger partial charge in [0.15, 0.2) is 0 Å². The number of nitrogens with one attached hydrogen (secondary N) is 2. The highest BCUT2D eigenvalue weighted by atomic mass is 19.1. The lowest BCUT2D eigenvalue weighted by Gasteiger charge is -2.11. The van der Waals surface area contributed by atoms with Gasteiger partial charge in [0.05, 0.1) is 12.2 Å². The van der Waals surface area contributed by atoms with Crippen molar-refractivity contribution >= 4 is 28.8 Å². The highest BCUT2D eigenvalue weighted by Crippen LogP contribution is 2.23. The van der Waals surface area contributed by atoms with Crippen LogP contribution in [0.15, 0.2) is 60.4 Å². The first-order valence-corrected chi connectivity index (χ1v) is 9.29. The number of para-hydroxylation sites is 1. The number of amides is 2. The molecule has 0 saturated carbocycles. The molecule has 29 heavy (non-hydrogen) atoms. The van der Waals surface area contributed by atoms with E-state index in [1.807, 2.05) is 42.0 Å². The van der Waals surface area contributed by atoms with Crippen molar-refractivity contribution in [1.29, 1.82) is 0 Å². The zero-order valence-corrected chi connectivity index (χ0v) is 16.0. The first kappa shape index (κ1) is 20.3. The molecular formula is C22H22FN3O3. The number of hydrogen-bond acceptors (Lipinski definition) is 3. The fourth-order valence-corrected chi connectivity index (χ4v) is 3.07. The highest BCUT2D eigenvalue weighted by Gasteiger charge is 2.18. The third kappa shape index (κ3) is 4.52. The van der Waals surface area contributed by atoms with E-state index in [0.717, 1.165) is 23.0 Å². The van der Waals surface area contributed by atoms with E-state index in [4.69, 9.17) is 5.11 Å². The number of rotatable bonds is 7. The van der Waals surface area contributed by atoms with Gasteiger partial charge in [-0.1, -0.05) is 30.3 Å². The molecular weight excluding hydrogens is 373 g/mol. The smallest absolute Gasteiger partial charge is 0.267 e. The van der Waals surface area contributed by atoms with E-state index in [1.54, 1.807) is 12.1 Å². The molecule has 3 aromatic rings. The van der Waals surface area contributed by atoms with E-state index < -0.39 is 17.6 Å². The number of aryl methyl sites for hydroxylation is 1. The van der Waals surface area contributed by atoms with Gasteiger partial charge in [-0.3, -0.25) is 9.59 Å². The van der Waals surface area contributed by atoms with Crippen molar-refractivity contribution in [3.05, 3.63) is 77.4 Å². The molecule has 0 unspecified atom stereocenters. The molecule has 150 valence electrons. The Kier molecular flexibility index (Phi) is 6.41. The third-order valence-corrected chi connectivity index (χ3v) is 4.47. The van der Waals surface area contributed by atoms with Crippen molar-refractivity contribution in [3.8, 4) is 0 Å². The second kappa shape index (κ2) is 9.16. The molecule has 0 aliphatic carbocycles. The molecule has 0 saturated heterocycles. The molecule has 0 spiro atoms. The first-order valence-electron chi connectivity index (χ1n) is 9.29. The molecule has 0 fully saturated rings. The minimum Gasteiger partial charge on any atom is -0.395 e. The molecule has 0 aliphatic rings. The van der Waals surface area contributed by atoms with Crippen LogP contribution in [-0.2, 0) is 11.3 Å². The van der Waals surface area contributed by atoms with Gasteiger partial charge in [0.25, 0.3) is 11.8 Å². The monoisotopic (exact) mass is 395 g/mol. The van der Waals surface area contributed by atoms with Crippen molar-refractivity contribution in [3.63, 3.8) is 0 Å². The van der Waals surface area contributed by atoms with Crippen LogP contribution >= 0.6 is 0 Å². The maximum absolute atomic E-state index is 14.0. The van der Waals surface area contributed by atoms with Crippen LogP contribution in [-0.4, -0.2) is 34.6 Å². The van der Waals surface area contributed by atoms with Crippen LogP contribution in [0.5, 0.6) is 0 Å². The normalized spacial score (nSPS) is 11.5. The third-order valence-electron chi connectivity index (χ3n) is 4.47. The summed E-state index contributed by atoms with van der Waals surface area (Å²) >= 11 is 0. The summed E-state index contributed by atoms with van der Waals surface area (Å²) in [6.45, 7) is 2.54. The highest BCUT2D eigenvalue weighted by molar-refractivity contribution is 6.06. The van der Waals surface area contributed by atoms with Gasteiger partial charge < -0.3 is 20.3 Å². The number of hydrogen-bond donors (Lipinski definition) is 3. The molecule has 6 nitrogen and oxygen atoms in total. The Hall–Kier alpha value is -3.45. The molecule has 0 atom stereocenters. The molecule has 0 radical (unpaired) electrons. The van der Waals surface area contributed by atoms with Crippen LogP contribution < -0.4 is 10.6 Å². The second-order valence-electron chi connectivity index (χ2n) is 6.36. The standard InChI is InChI=1S/C22H22FN3O3/c1-2-26-14-15(16-7-4-6-10-20(16)26)13-19(22(29)24-11-12-27)25-21(28)17-8-3-5-9-18(17)23/h3-10,13-14,27H,2,11-12H2,1H3,(H,24,29)(H,25,28)/b19-13-. The fourth-order valence-electron chi connectivity index (χ4n) is 3.07. The van der Waals surface area contributed by atoms with Crippen LogP contribution in [0.25, 0.3) is 17.0 Å². The summed E-state index contributed by atoms with van der Waals surface area (Å²) in [5.41, 5.74) is 1.54. The number of aliphatic hydroxyl groups is 1. The lowest BCUT2D eigenvalue weighted by molar-refractivity contribution is -0.117. The molecule has 3 N–H and O–H groups in total. The van der Waals surface area contributed by atoms with Gasteiger partial charge in [-0.2, -0.15) is 0 Å². The molecule has 3 rings (SSSR count). The number of aliphatic hydroxyl groups excluding tert-OH is 1. The maximum Gasteiger partial charge on any atom is 0.267 e. The molecule has 1 heterocycles. The summed E-state index contributed by atoms with van der Waals surface area (Å²) in [6, 6.07) is 13.3. The lowest BCUT2D eigenvalue weighted by Crippen LogP contribution is -2.36. The summed E-state index contributed by atoms with van der Waals surface area (Å²) in [5.74, 6) is -1.98. The van der Waals surface area contributed by atoms with Gasteiger partial charge in [-0.05, 0) is 31.2 Å². The van der Waals surface area contributed by atoms with Gasteiger partial charge in [-0.25, -0.2) is 4.39 Å². The van der Waals surface area contributed by atoms with Crippen LogP contribution in [0.3, 0.4) is 0 Å². The van der Waals surface area contributed by atoms with E-state index >= 15 is 0 Å². The van der Waals surface area contributed by atoms with E-state index in [0.29, 0.717) is 0 Å². The van der Waals surface area contributed by atoms with Gasteiger partial charge in [0, 0.05) is 35.8 Å². The van der Waals surface area contributed by atoms with E-state index in [9.17, 15) is 14.0 Å². The predicted octanol–water partition coefficient (Wildman–Crippen LogP) is 2.68. The average molecular weight is 395 g/mol. The lowest BCUT2D eigenvalue weighted by atomic mass is 10.1. The number of aromatic nitrogens is 1. The molecule has 1 aromatic heterocycles. The summed E-state index contributed by atoms with van der Waals surface area (Å²) in [4.78, 5) is 25.1. The van der Waals surface area contributed by atoms with Crippen molar-refractivity contribution < 1.29 is 19.1 Å². The average Bonchev–Trinajstić information content (AvgIpc) is 3.09. The Bertz CT molecular complexity index is 1070. The van der Waals surface area contributed by atoms with Crippen molar-refractivity contribution in [1.82, 2.24) is 15.2 Å². The van der Waals surface area contributed by atoms with Gasteiger partial charge in [-0.15, -0.1) is 0 Å². The quantitative estimate of drug-likeness (QED) is 0.538. The second-order valence-corrected chi connectivity index (χ2v) is 6.36. The topological polar surface area (TPSA) is 83.4 Å². The minimum absolute atomic E-state index is 0.0302. The Morgan fingerprint density at radius 2 is 1.86 bits per heavy atom. The van der Waals surface area contributed by atoms with Crippen molar-refractivity contribution in [2.45, 2.75) is 13.5 Å². The summed E-state index contributed by atoms with van der Waals surface area (Å²) in [5, 5.41) is 14.9. The number of halogens is 1. The van der Waals surface area contributed by atoms with E-state index in [-0.39, 0.29) is 24.4 Å². The van der Waals surface area contributed by atoms with Crippen LogP contribution in [0.4, 0.5) is 4.39 Å². The molecule has 0 bridgehead atoms. The fraction of sp³-hybridized carbons (Fsp3) is 0.182. The van der Waals surface area contributed by atoms with E-state index in [2.05, 4.69) is 10.6 Å². The number of carbonyl (C=O) groups is 2. The van der Waals surface area contributed by atoms with Crippen LogP contribution in [0.2, 0.25) is 0 Å². The van der Waals surface area contributed by atoms with Crippen molar-refractivity contribution in [2.24, 2.45) is 0 Å². The van der Waals surface area contributed by atoms with Crippen LogP contribution in [0, 0.1) is 5.82 Å². The number of fused-ring (bicyclic) bond motifs is 1. The van der Waals surface area contributed by atoms with Crippen molar-refractivity contribution in [2.75, 3.05) is 13.2 Å². The largest absolute Gasteiger partial charge is 0.395 e. The Morgan fingerprint density at radius 3 is 2.59 bits per heavy atom. The van der Waals surface area contributed by atoms with Gasteiger partial charge in [0.1, 0.15) is 11.5 Å². The summed E-state index contributed by atoms with van der Waals surface area (Å²) in [7, 11) is 0. The maximum atomic E-state index is 14.0. The number of benzene rings is 2. The van der Waals surface area contributed by atoms with E-state index in [1.165, 1.54) is 18.2 Å². The molecule has 0 aliphatic heterocycles. The van der Waals surface area contributed by atoms with Gasteiger partial charge in [0.2, 0.25) is 0 Å². The van der Waals surface area contributed by atoms with Crippen LogP contribution in [0.1, 0.15) is 22.8 Å². The minimum atomic E-state index is -0.729. The zero-order chi connectivity index (χ0) is 20.8. The zero-order valence-electron chi connectivity index (χ0n) is 16.0. The Morgan fingerprint density at radius 1 is 1.14 bits per heavy atom. The molecule has 2 amide bonds. The Balaban J connectivity index is 2.01.